The number of hydrogen-bond acceptors (Lipinski definition) is 4. The number of Topliss-reactive ketones (excluding diaryl/α,β-unsaturated/α-hetero) is 2. The lowest BCUT2D eigenvalue weighted by molar-refractivity contribution is -0.138. The number of alkyl halides is 3. The molecule has 0 aliphatic heterocycles. The Morgan fingerprint density at radius 1 is 0.926 bits per heavy atom. The number of benzene rings is 2. The van der Waals surface area contributed by atoms with Crippen LogP contribution >= 0.6 is 0 Å². The number of hydrogen-bond donors (Lipinski definition) is 0. The number of halogens is 3. The Labute approximate surface area is 152 Å². The predicted molar refractivity (Wildman–Crippen MR) is 89.0 cm³/mol. The Hall–Kier alpha value is -3.22. The van der Waals surface area contributed by atoms with E-state index in [1.807, 2.05) is 0 Å². The van der Waals surface area contributed by atoms with Gasteiger partial charge in [0.25, 0.3) is 0 Å². The van der Waals surface area contributed by atoms with Gasteiger partial charge in [-0.1, -0.05) is 36.4 Å². The van der Waals surface area contributed by atoms with Gasteiger partial charge in [0.05, 0.1) is 11.1 Å². The van der Waals surface area contributed by atoms with Gasteiger partial charge < -0.3 is 4.74 Å². The van der Waals surface area contributed by atoms with Gasteiger partial charge in [0, 0.05) is 24.5 Å². The predicted octanol–water partition coefficient (Wildman–Crippen LogP) is 4.14. The first kappa shape index (κ1) is 18.6. The molecule has 0 N–H and O–H groups in total. The Bertz CT molecular complexity index is 969. The van der Waals surface area contributed by atoms with Gasteiger partial charge in [0.2, 0.25) is 5.78 Å². The zero-order chi connectivity index (χ0) is 19.8. The van der Waals surface area contributed by atoms with E-state index in [1.54, 1.807) is 12.1 Å². The average Bonchev–Trinajstić information content (AvgIpc) is 2.62. The number of carbonyl (C=O) groups excluding carboxylic acids is 3. The van der Waals surface area contributed by atoms with E-state index in [2.05, 4.69) is 0 Å². The van der Waals surface area contributed by atoms with Crippen LogP contribution in [-0.2, 0) is 22.1 Å². The van der Waals surface area contributed by atoms with Crippen LogP contribution in [0, 0.1) is 0 Å². The largest absolute Gasteiger partial charge is 0.422 e. The molecule has 0 radical (unpaired) electrons. The van der Waals surface area contributed by atoms with Gasteiger partial charge in [0.15, 0.2) is 11.5 Å². The minimum Gasteiger partial charge on any atom is -0.422 e. The van der Waals surface area contributed by atoms with Crippen LogP contribution in [0.15, 0.2) is 59.9 Å². The van der Waals surface area contributed by atoms with Crippen molar-refractivity contribution in [1.82, 2.24) is 0 Å². The second kappa shape index (κ2) is 6.83. The van der Waals surface area contributed by atoms with Crippen LogP contribution in [0.4, 0.5) is 13.2 Å². The highest BCUT2D eigenvalue weighted by Gasteiger charge is 2.34. The second-order valence-corrected chi connectivity index (χ2v) is 5.98. The molecule has 4 nitrogen and oxygen atoms in total. The van der Waals surface area contributed by atoms with Gasteiger partial charge >= 0.3 is 12.1 Å². The Balaban J connectivity index is 2.03. The third kappa shape index (κ3) is 3.67. The fourth-order valence-corrected chi connectivity index (χ4v) is 2.83. The standard InChI is InChI=1S/C20H13F3O4/c1-11(24)27-19-16(10-12-6-8-13(9-7-12)20(21,22)23)17(25)14-4-2-3-5-15(14)18(19)26/h2-9H,10H2,1H3. The van der Waals surface area contributed by atoms with E-state index in [0.29, 0.717) is 5.56 Å². The smallest absolute Gasteiger partial charge is 0.416 e. The number of fused-ring (bicyclic) bond motifs is 1. The third-order valence-electron chi connectivity index (χ3n) is 4.08. The number of rotatable bonds is 3. The van der Waals surface area contributed by atoms with Crippen LogP contribution in [-0.4, -0.2) is 17.5 Å². The highest BCUT2D eigenvalue weighted by atomic mass is 19.4. The molecule has 1 aliphatic carbocycles. The first-order chi connectivity index (χ1) is 12.7. The topological polar surface area (TPSA) is 60.4 Å². The lowest BCUT2D eigenvalue weighted by atomic mass is 9.85. The third-order valence-corrected chi connectivity index (χ3v) is 4.08. The van der Waals surface area contributed by atoms with Crippen LogP contribution in [0.2, 0.25) is 0 Å². The minimum absolute atomic E-state index is 0.0614. The normalized spacial score (nSPS) is 14.2. The molecule has 27 heavy (non-hydrogen) atoms. The molecule has 0 saturated heterocycles. The minimum atomic E-state index is -4.48. The summed E-state index contributed by atoms with van der Waals surface area (Å²) < 4.78 is 43.1. The highest BCUT2D eigenvalue weighted by Crippen LogP contribution is 2.31. The SMILES string of the molecule is CC(=O)OC1=C(Cc2ccc(C(F)(F)F)cc2)C(=O)c2ccccc2C1=O. The van der Waals surface area contributed by atoms with Crippen molar-refractivity contribution in [2.24, 2.45) is 0 Å². The molecule has 0 bridgehead atoms. The van der Waals surface area contributed by atoms with Gasteiger partial charge in [-0.3, -0.25) is 14.4 Å². The molecule has 0 unspecified atom stereocenters. The van der Waals surface area contributed by atoms with Crippen LogP contribution in [0.3, 0.4) is 0 Å². The van der Waals surface area contributed by atoms with Crippen LogP contribution < -0.4 is 0 Å². The maximum absolute atomic E-state index is 12.8. The molecule has 1 aliphatic rings. The summed E-state index contributed by atoms with van der Waals surface area (Å²) in [7, 11) is 0. The van der Waals surface area contributed by atoms with Crippen LogP contribution in [0.5, 0.6) is 0 Å². The van der Waals surface area contributed by atoms with Crippen molar-refractivity contribution in [2.75, 3.05) is 0 Å². The molecule has 0 heterocycles. The van der Waals surface area contributed by atoms with Crippen molar-refractivity contribution in [2.45, 2.75) is 19.5 Å². The molecule has 0 saturated carbocycles. The van der Waals surface area contributed by atoms with Crippen molar-refractivity contribution in [1.29, 1.82) is 0 Å². The molecule has 7 heteroatoms. The highest BCUT2D eigenvalue weighted by molar-refractivity contribution is 6.26. The maximum Gasteiger partial charge on any atom is 0.416 e. The van der Waals surface area contributed by atoms with E-state index in [1.165, 1.54) is 24.3 Å². The quantitative estimate of drug-likeness (QED) is 0.758. The number of ketones is 2. The Morgan fingerprint density at radius 3 is 2.00 bits per heavy atom. The molecule has 0 amide bonds. The van der Waals surface area contributed by atoms with Crippen molar-refractivity contribution in [3.8, 4) is 0 Å². The summed E-state index contributed by atoms with van der Waals surface area (Å²) in [6.07, 6.45) is -4.62. The summed E-state index contributed by atoms with van der Waals surface area (Å²) in [6, 6.07) is 10.3. The Morgan fingerprint density at radius 2 is 1.48 bits per heavy atom. The zero-order valence-electron chi connectivity index (χ0n) is 14.1. The number of esters is 1. The maximum atomic E-state index is 12.8. The van der Waals surface area contributed by atoms with Crippen molar-refractivity contribution < 1.29 is 32.3 Å². The van der Waals surface area contributed by atoms with E-state index in [0.717, 1.165) is 19.1 Å². The van der Waals surface area contributed by atoms with Gasteiger partial charge in [-0.05, 0) is 17.7 Å². The molecule has 0 aromatic heterocycles. The number of allylic oxidation sites excluding steroid dienone is 2. The van der Waals surface area contributed by atoms with Crippen LogP contribution in [0.25, 0.3) is 0 Å². The molecule has 0 spiro atoms. The van der Waals surface area contributed by atoms with Gasteiger partial charge in [-0.2, -0.15) is 13.2 Å². The van der Waals surface area contributed by atoms with Gasteiger partial charge in [0.1, 0.15) is 0 Å². The summed E-state index contributed by atoms with van der Waals surface area (Å²) in [5, 5.41) is 0. The van der Waals surface area contributed by atoms with E-state index in [-0.39, 0.29) is 28.9 Å². The molecule has 3 rings (SSSR count). The molecule has 2 aromatic rings. The Kier molecular flexibility index (Phi) is 4.70. The van der Waals surface area contributed by atoms with Gasteiger partial charge in [-0.15, -0.1) is 0 Å². The van der Waals surface area contributed by atoms with E-state index >= 15 is 0 Å². The summed E-state index contributed by atoms with van der Waals surface area (Å²) in [4.78, 5) is 36.8. The molecule has 138 valence electrons. The van der Waals surface area contributed by atoms with Crippen LogP contribution in [0.1, 0.15) is 38.8 Å². The zero-order valence-corrected chi connectivity index (χ0v) is 14.1. The lowest BCUT2D eigenvalue weighted by Gasteiger charge is -2.20. The first-order valence-electron chi connectivity index (χ1n) is 7.94. The lowest BCUT2D eigenvalue weighted by Crippen LogP contribution is -2.25. The molecule has 2 aromatic carbocycles. The molecular weight excluding hydrogens is 361 g/mol. The summed E-state index contributed by atoms with van der Waals surface area (Å²) >= 11 is 0. The molecule has 0 atom stereocenters. The van der Waals surface area contributed by atoms with Crippen molar-refractivity contribution in [3.05, 3.63) is 82.1 Å². The van der Waals surface area contributed by atoms with E-state index < -0.39 is 29.3 Å². The molecular formula is C20H13F3O4. The average molecular weight is 374 g/mol. The van der Waals surface area contributed by atoms with E-state index in [4.69, 9.17) is 4.74 Å². The van der Waals surface area contributed by atoms with Crippen molar-refractivity contribution in [3.63, 3.8) is 0 Å². The molecule has 0 fully saturated rings. The summed E-state index contributed by atoms with van der Waals surface area (Å²) in [6.45, 7) is 1.10. The number of ether oxygens (including phenoxy) is 1. The number of carbonyl (C=O) groups is 3. The van der Waals surface area contributed by atoms with E-state index in [9.17, 15) is 27.6 Å². The van der Waals surface area contributed by atoms with Crippen molar-refractivity contribution >= 4 is 17.5 Å². The second-order valence-electron chi connectivity index (χ2n) is 5.98. The monoisotopic (exact) mass is 374 g/mol. The fraction of sp³-hybridized carbons (Fsp3) is 0.150. The van der Waals surface area contributed by atoms with Gasteiger partial charge in [-0.25, -0.2) is 0 Å². The fourth-order valence-electron chi connectivity index (χ4n) is 2.83. The summed E-state index contributed by atoms with van der Waals surface area (Å²) in [5.74, 6) is -2.26. The first-order valence-corrected chi connectivity index (χ1v) is 7.94. The summed E-state index contributed by atoms with van der Waals surface area (Å²) in [5.41, 5.74) is -0.219.